The van der Waals surface area contributed by atoms with E-state index in [0.29, 0.717) is 0 Å². The van der Waals surface area contributed by atoms with Crippen LogP contribution < -0.4 is 10.1 Å². The number of nitrogens with one attached hydrogen (secondary N) is 1. The lowest BCUT2D eigenvalue weighted by Gasteiger charge is -2.13. The maximum Gasteiger partial charge on any atom is 0.150 e. The number of ether oxygens (including phenoxy) is 1. The minimum Gasteiger partial charge on any atom is -0.455 e. The highest BCUT2D eigenvalue weighted by molar-refractivity contribution is 5.42. The standard InChI is InChI=1S/C17H22N2O/c1-4-9-18-11-15-8-10-19-12-17(15)20-16-7-5-6-13(2)14(16)3/h5-8,10,12,18H,4,9,11H2,1-3H3. The van der Waals surface area contributed by atoms with Crippen LogP contribution in [0.4, 0.5) is 0 Å². The third kappa shape index (κ3) is 3.58. The van der Waals surface area contributed by atoms with Gasteiger partial charge >= 0.3 is 0 Å². The predicted molar refractivity (Wildman–Crippen MR) is 82.2 cm³/mol. The number of benzene rings is 1. The smallest absolute Gasteiger partial charge is 0.150 e. The van der Waals surface area contributed by atoms with E-state index in [1.165, 1.54) is 11.1 Å². The Morgan fingerprint density at radius 1 is 1.15 bits per heavy atom. The van der Waals surface area contributed by atoms with Crippen LogP contribution in [0, 0.1) is 13.8 Å². The van der Waals surface area contributed by atoms with Crippen molar-refractivity contribution in [2.24, 2.45) is 0 Å². The zero-order valence-electron chi connectivity index (χ0n) is 12.4. The molecule has 20 heavy (non-hydrogen) atoms. The summed E-state index contributed by atoms with van der Waals surface area (Å²) in [6, 6.07) is 8.11. The molecule has 3 heteroatoms. The van der Waals surface area contributed by atoms with Gasteiger partial charge in [-0.15, -0.1) is 0 Å². The molecule has 0 amide bonds. The summed E-state index contributed by atoms with van der Waals surface area (Å²) in [6.07, 6.45) is 4.71. The minimum absolute atomic E-state index is 0.802. The van der Waals surface area contributed by atoms with Crippen LogP contribution >= 0.6 is 0 Å². The van der Waals surface area contributed by atoms with Crippen LogP contribution in [0.25, 0.3) is 0 Å². The maximum atomic E-state index is 6.05. The van der Waals surface area contributed by atoms with Gasteiger partial charge < -0.3 is 10.1 Å². The number of nitrogens with zero attached hydrogens (tertiary/aromatic N) is 1. The van der Waals surface area contributed by atoms with Gasteiger partial charge in [0.15, 0.2) is 0 Å². The van der Waals surface area contributed by atoms with Crippen LogP contribution in [0.3, 0.4) is 0 Å². The van der Waals surface area contributed by atoms with Gasteiger partial charge in [-0.05, 0) is 50.1 Å². The van der Waals surface area contributed by atoms with Crippen LogP contribution in [0.2, 0.25) is 0 Å². The molecule has 0 radical (unpaired) electrons. The molecule has 0 saturated carbocycles. The molecule has 0 spiro atoms. The van der Waals surface area contributed by atoms with Gasteiger partial charge in [0.2, 0.25) is 0 Å². The Bertz CT molecular complexity index is 567. The zero-order chi connectivity index (χ0) is 14.4. The van der Waals surface area contributed by atoms with E-state index in [2.05, 4.69) is 37.1 Å². The van der Waals surface area contributed by atoms with E-state index in [9.17, 15) is 0 Å². The molecule has 0 unspecified atom stereocenters. The Kier molecular flexibility index (Phi) is 5.13. The molecule has 0 aliphatic rings. The second-order valence-corrected chi connectivity index (χ2v) is 4.96. The molecule has 0 aliphatic heterocycles. The fraction of sp³-hybridized carbons (Fsp3) is 0.353. The molecule has 3 nitrogen and oxygen atoms in total. The number of pyridine rings is 1. The van der Waals surface area contributed by atoms with Crippen molar-refractivity contribution in [1.82, 2.24) is 10.3 Å². The Labute approximate surface area is 121 Å². The van der Waals surface area contributed by atoms with Crippen molar-refractivity contribution < 1.29 is 4.74 Å². The van der Waals surface area contributed by atoms with Crippen molar-refractivity contribution in [2.75, 3.05) is 6.54 Å². The number of aromatic nitrogens is 1. The third-order valence-electron chi connectivity index (χ3n) is 3.39. The maximum absolute atomic E-state index is 6.05. The molecule has 1 aromatic carbocycles. The lowest BCUT2D eigenvalue weighted by Crippen LogP contribution is -2.14. The topological polar surface area (TPSA) is 34.2 Å². The van der Waals surface area contributed by atoms with Crippen LogP contribution in [-0.4, -0.2) is 11.5 Å². The Hall–Kier alpha value is -1.87. The summed E-state index contributed by atoms with van der Waals surface area (Å²) in [5, 5.41) is 3.40. The Morgan fingerprint density at radius 3 is 2.80 bits per heavy atom. The molecule has 106 valence electrons. The second kappa shape index (κ2) is 7.06. The van der Waals surface area contributed by atoms with Gasteiger partial charge in [-0.3, -0.25) is 4.98 Å². The summed E-state index contributed by atoms with van der Waals surface area (Å²) in [7, 11) is 0. The van der Waals surface area contributed by atoms with E-state index in [4.69, 9.17) is 4.74 Å². The molecular formula is C17H22N2O. The van der Waals surface area contributed by atoms with Crippen LogP contribution in [0.5, 0.6) is 11.5 Å². The normalized spacial score (nSPS) is 10.6. The van der Waals surface area contributed by atoms with Gasteiger partial charge in [0, 0.05) is 18.3 Å². The van der Waals surface area contributed by atoms with Gasteiger partial charge in [0.05, 0.1) is 6.20 Å². The molecule has 0 aliphatic carbocycles. The first kappa shape index (κ1) is 14.5. The van der Waals surface area contributed by atoms with E-state index in [-0.39, 0.29) is 0 Å². The molecule has 1 aromatic heterocycles. The van der Waals surface area contributed by atoms with Crippen molar-refractivity contribution in [1.29, 1.82) is 0 Å². The summed E-state index contributed by atoms with van der Waals surface area (Å²) in [5.41, 5.74) is 3.54. The molecule has 2 aromatic rings. The summed E-state index contributed by atoms with van der Waals surface area (Å²) < 4.78 is 6.05. The van der Waals surface area contributed by atoms with E-state index < -0.39 is 0 Å². The summed E-state index contributed by atoms with van der Waals surface area (Å²) in [4.78, 5) is 4.17. The van der Waals surface area contributed by atoms with Crippen LogP contribution in [0.1, 0.15) is 30.0 Å². The van der Waals surface area contributed by atoms with E-state index >= 15 is 0 Å². The van der Waals surface area contributed by atoms with Gasteiger partial charge in [0.1, 0.15) is 11.5 Å². The highest BCUT2D eigenvalue weighted by atomic mass is 16.5. The monoisotopic (exact) mass is 270 g/mol. The van der Waals surface area contributed by atoms with Crippen molar-refractivity contribution >= 4 is 0 Å². The van der Waals surface area contributed by atoms with Gasteiger partial charge in [-0.1, -0.05) is 19.1 Å². The lowest BCUT2D eigenvalue weighted by molar-refractivity contribution is 0.466. The average Bonchev–Trinajstić information content (AvgIpc) is 2.46. The Balaban J connectivity index is 2.18. The predicted octanol–water partition coefficient (Wildman–Crippen LogP) is 3.99. The van der Waals surface area contributed by atoms with Crippen LogP contribution in [-0.2, 0) is 6.54 Å². The number of aryl methyl sites for hydroxylation is 1. The summed E-state index contributed by atoms with van der Waals surface area (Å²) in [5.74, 6) is 1.72. The molecular weight excluding hydrogens is 248 g/mol. The highest BCUT2D eigenvalue weighted by Crippen LogP contribution is 2.28. The van der Waals surface area contributed by atoms with Crippen LogP contribution in [0.15, 0.2) is 36.7 Å². The minimum atomic E-state index is 0.802. The fourth-order valence-corrected chi connectivity index (χ4v) is 2.00. The van der Waals surface area contributed by atoms with Crippen molar-refractivity contribution in [3.8, 4) is 11.5 Å². The first-order chi connectivity index (χ1) is 9.72. The quantitative estimate of drug-likeness (QED) is 0.806. The molecule has 0 bridgehead atoms. The average molecular weight is 270 g/mol. The van der Waals surface area contributed by atoms with Crippen molar-refractivity contribution in [3.63, 3.8) is 0 Å². The van der Waals surface area contributed by atoms with E-state index in [0.717, 1.165) is 36.6 Å². The van der Waals surface area contributed by atoms with Gasteiger partial charge in [-0.25, -0.2) is 0 Å². The molecule has 2 rings (SSSR count). The third-order valence-corrected chi connectivity index (χ3v) is 3.39. The van der Waals surface area contributed by atoms with E-state index in [1.807, 2.05) is 18.2 Å². The number of hydrogen-bond acceptors (Lipinski definition) is 3. The molecule has 0 atom stereocenters. The van der Waals surface area contributed by atoms with Gasteiger partial charge in [-0.2, -0.15) is 0 Å². The Morgan fingerprint density at radius 2 is 2.00 bits per heavy atom. The molecule has 0 saturated heterocycles. The molecule has 1 heterocycles. The first-order valence-electron chi connectivity index (χ1n) is 7.10. The summed E-state index contributed by atoms with van der Waals surface area (Å²) in [6.45, 7) is 8.14. The van der Waals surface area contributed by atoms with Gasteiger partial charge in [0.25, 0.3) is 0 Å². The molecule has 0 fully saturated rings. The molecule has 1 N–H and O–H groups in total. The number of hydrogen-bond donors (Lipinski definition) is 1. The zero-order valence-corrected chi connectivity index (χ0v) is 12.4. The summed E-state index contributed by atoms with van der Waals surface area (Å²) >= 11 is 0. The lowest BCUT2D eigenvalue weighted by atomic mass is 10.1. The van der Waals surface area contributed by atoms with E-state index in [1.54, 1.807) is 12.4 Å². The number of rotatable bonds is 6. The fourth-order valence-electron chi connectivity index (χ4n) is 2.00. The largest absolute Gasteiger partial charge is 0.455 e. The highest BCUT2D eigenvalue weighted by Gasteiger charge is 2.07. The first-order valence-corrected chi connectivity index (χ1v) is 7.10. The van der Waals surface area contributed by atoms with Crippen molar-refractivity contribution in [3.05, 3.63) is 53.3 Å². The van der Waals surface area contributed by atoms with Crippen molar-refractivity contribution in [2.45, 2.75) is 33.7 Å². The second-order valence-electron chi connectivity index (χ2n) is 4.96. The SMILES string of the molecule is CCCNCc1ccncc1Oc1cccc(C)c1C.